The molecule has 0 aliphatic rings. The molecule has 0 saturated heterocycles. The first kappa shape index (κ1) is 13.8. The van der Waals surface area contributed by atoms with Gasteiger partial charge in [0.25, 0.3) is 0 Å². The molecular formula is C14H18ClNO. The van der Waals surface area contributed by atoms with Gasteiger partial charge in [0.1, 0.15) is 0 Å². The Morgan fingerprint density at radius 1 is 1.24 bits per heavy atom. The van der Waals surface area contributed by atoms with Crippen molar-refractivity contribution in [2.45, 2.75) is 13.8 Å². The molecule has 0 bridgehead atoms. The molecule has 3 heteroatoms. The maximum absolute atomic E-state index is 12.1. The highest BCUT2D eigenvalue weighted by Gasteiger charge is 2.15. The van der Waals surface area contributed by atoms with Crippen LogP contribution in [0.25, 0.3) is 5.57 Å². The Balaban J connectivity index is 3.16. The zero-order chi connectivity index (χ0) is 13.0. The molecule has 0 aliphatic heterocycles. The molecule has 0 saturated carbocycles. The van der Waals surface area contributed by atoms with E-state index in [0.29, 0.717) is 5.02 Å². The number of carbonyl (C=O) groups is 1. The Bertz CT molecular complexity index is 418. The van der Waals surface area contributed by atoms with Gasteiger partial charge in [0, 0.05) is 36.8 Å². The Hall–Kier alpha value is -1.28. The summed E-state index contributed by atoms with van der Waals surface area (Å²) in [5.41, 5.74) is 1.63. The van der Waals surface area contributed by atoms with Crippen molar-refractivity contribution in [3.8, 4) is 0 Å². The molecule has 0 aromatic heterocycles. The van der Waals surface area contributed by atoms with Crippen LogP contribution in [0.1, 0.15) is 19.4 Å². The zero-order valence-corrected chi connectivity index (χ0v) is 11.5. The molecular weight excluding hydrogens is 234 g/mol. The lowest BCUT2D eigenvalue weighted by molar-refractivity contribution is -0.116. The smallest absolute Gasteiger partial charge is 0.167 e. The summed E-state index contributed by atoms with van der Waals surface area (Å²) in [5, 5.41) is 0.676. The standard InChI is InChI=1S/C14H18ClNO/c1-10(2)14(17)13(9-16(3)4)11-5-7-12(15)8-6-11/h5-10H,1-4H3/b13-9+. The molecule has 0 unspecified atom stereocenters. The van der Waals surface area contributed by atoms with E-state index in [2.05, 4.69) is 0 Å². The largest absolute Gasteiger partial charge is 0.383 e. The molecule has 1 aromatic carbocycles. The summed E-state index contributed by atoms with van der Waals surface area (Å²) >= 11 is 5.85. The average molecular weight is 252 g/mol. The first-order chi connectivity index (χ1) is 7.91. The van der Waals surface area contributed by atoms with E-state index in [1.165, 1.54) is 0 Å². The number of nitrogens with zero attached hydrogens (tertiary/aromatic N) is 1. The predicted octanol–water partition coefficient (Wildman–Crippen LogP) is 3.47. The van der Waals surface area contributed by atoms with Crippen LogP contribution in [0.5, 0.6) is 0 Å². The van der Waals surface area contributed by atoms with Crippen molar-refractivity contribution in [2.24, 2.45) is 5.92 Å². The van der Waals surface area contributed by atoms with Crippen LogP contribution in [0.3, 0.4) is 0 Å². The number of hydrogen-bond acceptors (Lipinski definition) is 2. The van der Waals surface area contributed by atoms with Crippen LogP contribution in [0.2, 0.25) is 5.02 Å². The summed E-state index contributed by atoms with van der Waals surface area (Å²) in [7, 11) is 3.81. The van der Waals surface area contributed by atoms with Crippen LogP contribution < -0.4 is 0 Å². The van der Waals surface area contributed by atoms with Gasteiger partial charge in [-0.3, -0.25) is 4.79 Å². The normalized spacial score (nSPS) is 11.8. The molecule has 0 N–H and O–H groups in total. The van der Waals surface area contributed by atoms with Gasteiger partial charge in [0.15, 0.2) is 5.78 Å². The highest BCUT2D eigenvalue weighted by atomic mass is 35.5. The fraction of sp³-hybridized carbons (Fsp3) is 0.357. The van der Waals surface area contributed by atoms with E-state index >= 15 is 0 Å². The molecule has 0 heterocycles. The lowest BCUT2D eigenvalue weighted by atomic mass is 9.95. The minimum atomic E-state index is -0.0168. The van der Waals surface area contributed by atoms with Crippen LogP contribution in [-0.2, 0) is 4.79 Å². The van der Waals surface area contributed by atoms with E-state index in [1.807, 2.05) is 51.2 Å². The van der Waals surface area contributed by atoms with Crippen LogP contribution in [0.15, 0.2) is 30.5 Å². The topological polar surface area (TPSA) is 20.3 Å². The summed E-state index contributed by atoms with van der Waals surface area (Å²) in [6.45, 7) is 3.81. The van der Waals surface area contributed by atoms with Gasteiger partial charge < -0.3 is 4.90 Å². The third-order valence-corrected chi connectivity index (χ3v) is 2.58. The molecule has 1 rings (SSSR count). The number of rotatable bonds is 4. The van der Waals surface area contributed by atoms with Crippen molar-refractivity contribution in [1.82, 2.24) is 4.90 Å². The number of carbonyl (C=O) groups excluding carboxylic acids is 1. The van der Waals surface area contributed by atoms with Gasteiger partial charge in [0.2, 0.25) is 0 Å². The van der Waals surface area contributed by atoms with Crippen molar-refractivity contribution >= 4 is 23.0 Å². The van der Waals surface area contributed by atoms with Crippen LogP contribution in [0.4, 0.5) is 0 Å². The molecule has 0 fully saturated rings. The third kappa shape index (κ3) is 3.90. The third-order valence-electron chi connectivity index (χ3n) is 2.33. The number of hydrogen-bond donors (Lipinski definition) is 0. The molecule has 0 radical (unpaired) electrons. The van der Waals surface area contributed by atoms with E-state index in [1.54, 1.807) is 12.1 Å². The quantitative estimate of drug-likeness (QED) is 0.764. The van der Waals surface area contributed by atoms with Crippen LogP contribution in [0, 0.1) is 5.92 Å². The second-order valence-electron chi connectivity index (χ2n) is 4.53. The summed E-state index contributed by atoms with van der Waals surface area (Å²) in [4.78, 5) is 14.0. The summed E-state index contributed by atoms with van der Waals surface area (Å²) in [6.07, 6.45) is 1.85. The Kier molecular flexibility index (Phi) is 4.76. The van der Waals surface area contributed by atoms with Gasteiger partial charge in [-0.05, 0) is 17.7 Å². The predicted molar refractivity (Wildman–Crippen MR) is 73.0 cm³/mol. The minimum absolute atomic E-state index is 0.0168. The minimum Gasteiger partial charge on any atom is -0.383 e. The average Bonchev–Trinajstić information content (AvgIpc) is 2.26. The number of allylic oxidation sites excluding steroid dienone is 1. The SMILES string of the molecule is CC(C)C(=O)/C(=C/N(C)C)c1ccc(Cl)cc1. The molecule has 17 heavy (non-hydrogen) atoms. The molecule has 2 nitrogen and oxygen atoms in total. The summed E-state index contributed by atoms with van der Waals surface area (Å²) in [5.74, 6) is 0.123. The van der Waals surface area contributed by atoms with Crippen molar-refractivity contribution in [2.75, 3.05) is 14.1 Å². The highest BCUT2D eigenvalue weighted by Crippen LogP contribution is 2.21. The second-order valence-corrected chi connectivity index (χ2v) is 4.97. The Morgan fingerprint density at radius 3 is 2.18 bits per heavy atom. The first-order valence-electron chi connectivity index (χ1n) is 5.60. The molecule has 0 aliphatic carbocycles. The lowest BCUT2D eigenvalue weighted by Crippen LogP contribution is -2.13. The molecule has 0 amide bonds. The number of ketones is 1. The van der Waals surface area contributed by atoms with Crippen molar-refractivity contribution in [1.29, 1.82) is 0 Å². The Morgan fingerprint density at radius 2 is 1.76 bits per heavy atom. The second kappa shape index (κ2) is 5.87. The zero-order valence-electron chi connectivity index (χ0n) is 10.7. The fourth-order valence-corrected chi connectivity index (χ4v) is 1.61. The van der Waals surface area contributed by atoms with E-state index in [4.69, 9.17) is 11.6 Å². The molecule has 0 spiro atoms. The van der Waals surface area contributed by atoms with Gasteiger partial charge in [-0.1, -0.05) is 37.6 Å². The number of Topliss-reactive ketones (excluding diaryl/α,β-unsaturated/α-hetero) is 1. The summed E-state index contributed by atoms with van der Waals surface area (Å²) in [6, 6.07) is 7.35. The first-order valence-corrected chi connectivity index (χ1v) is 5.98. The van der Waals surface area contributed by atoms with Crippen molar-refractivity contribution < 1.29 is 4.79 Å². The summed E-state index contributed by atoms with van der Waals surface area (Å²) < 4.78 is 0. The molecule has 0 atom stereocenters. The van der Waals surface area contributed by atoms with Gasteiger partial charge in [0.05, 0.1) is 0 Å². The van der Waals surface area contributed by atoms with Crippen molar-refractivity contribution in [3.05, 3.63) is 41.1 Å². The van der Waals surface area contributed by atoms with E-state index in [0.717, 1.165) is 11.1 Å². The van der Waals surface area contributed by atoms with Gasteiger partial charge in [-0.2, -0.15) is 0 Å². The van der Waals surface area contributed by atoms with E-state index in [9.17, 15) is 4.79 Å². The van der Waals surface area contributed by atoms with Crippen LogP contribution >= 0.6 is 11.6 Å². The number of benzene rings is 1. The van der Waals surface area contributed by atoms with E-state index in [-0.39, 0.29) is 11.7 Å². The van der Waals surface area contributed by atoms with E-state index < -0.39 is 0 Å². The lowest BCUT2D eigenvalue weighted by Gasteiger charge is -2.13. The fourth-order valence-electron chi connectivity index (χ4n) is 1.48. The maximum Gasteiger partial charge on any atom is 0.167 e. The monoisotopic (exact) mass is 251 g/mol. The van der Waals surface area contributed by atoms with Gasteiger partial charge in [-0.25, -0.2) is 0 Å². The van der Waals surface area contributed by atoms with Gasteiger partial charge >= 0.3 is 0 Å². The maximum atomic E-state index is 12.1. The molecule has 1 aromatic rings. The number of halogens is 1. The van der Waals surface area contributed by atoms with Crippen molar-refractivity contribution in [3.63, 3.8) is 0 Å². The molecule has 92 valence electrons. The Labute approximate surface area is 108 Å². The van der Waals surface area contributed by atoms with Crippen LogP contribution in [-0.4, -0.2) is 24.8 Å². The highest BCUT2D eigenvalue weighted by molar-refractivity contribution is 6.30. The van der Waals surface area contributed by atoms with Gasteiger partial charge in [-0.15, -0.1) is 0 Å².